The molecule has 2 heterocycles. The Bertz CT molecular complexity index is 871. The Labute approximate surface area is 172 Å². The summed E-state index contributed by atoms with van der Waals surface area (Å²) in [6.07, 6.45) is 7.67. The Hall–Kier alpha value is -2.63. The highest BCUT2D eigenvalue weighted by Gasteiger charge is 2.28. The maximum Gasteiger partial charge on any atom is 0.274 e. The van der Waals surface area contributed by atoms with E-state index in [4.69, 9.17) is 0 Å². The normalized spacial score (nSPS) is 18.5. The van der Waals surface area contributed by atoms with Crippen LogP contribution in [-0.4, -0.2) is 40.0 Å². The van der Waals surface area contributed by atoms with Crippen LogP contribution in [0.25, 0.3) is 0 Å². The van der Waals surface area contributed by atoms with Gasteiger partial charge in [-0.2, -0.15) is 5.10 Å². The third kappa shape index (κ3) is 4.69. The molecule has 4 rings (SSSR count). The molecule has 0 bridgehead atoms. The number of aromatic amines is 1. The van der Waals surface area contributed by atoms with Crippen LogP contribution in [0.3, 0.4) is 0 Å². The maximum atomic E-state index is 13.3. The zero-order chi connectivity index (χ0) is 20.2. The van der Waals surface area contributed by atoms with Gasteiger partial charge in [0.1, 0.15) is 5.69 Å². The minimum atomic E-state index is -0.0330. The summed E-state index contributed by atoms with van der Waals surface area (Å²) < 4.78 is 0. The summed E-state index contributed by atoms with van der Waals surface area (Å²) in [7, 11) is 0. The number of H-pyrrole nitrogens is 1. The number of hydrogen-bond acceptors (Lipinski definition) is 3. The molecule has 154 valence electrons. The van der Waals surface area contributed by atoms with Gasteiger partial charge in [-0.15, -0.1) is 0 Å². The summed E-state index contributed by atoms with van der Waals surface area (Å²) in [5, 5.41) is 7.35. The van der Waals surface area contributed by atoms with Crippen LogP contribution in [0.1, 0.15) is 79.5 Å². The van der Waals surface area contributed by atoms with Crippen LogP contribution in [0.2, 0.25) is 0 Å². The molecule has 1 saturated carbocycles. The lowest BCUT2D eigenvalue weighted by atomic mass is 10.1. The molecule has 2 aromatic rings. The minimum absolute atomic E-state index is 0.0330. The molecule has 0 unspecified atom stereocenters. The largest absolute Gasteiger partial charge is 0.333 e. The number of benzene rings is 1. The zero-order valence-electron chi connectivity index (χ0n) is 17.2. The lowest BCUT2D eigenvalue weighted by Gasteiger charge is -2.28. The first kappa shape index (κ1) is 19.7. The molecule has 1 fully saturated rings. The van der Waals surface area contributed by atoms with Crippen molar-refractivity contribution in [3.05, 3.63) is 47.3 Å². The van der Waals surface area contributed by atoms with Gasteiger partial charge in [0.15, 0.2) is 0 Å². The molecule has 1 N–H and O–H groups in total. The lowest BCUT2D eigenvalue weighted by Crippen LogP contribution is -2.35. The van der Waals surface area contributed by atoms with Crippen LogP contribution in [0, 0.1) is 0 Å². The Morgan fingerprint density at radius 2 is 1.76 bits per heavy atom. The van der Waals surface area contributed by atoms with Gasteiger partial charge < -0.3 is 9.80 Å². The van der Waals surface area contributed by atoms with Crippen molar-refractivity contribution in [2.75, 3.05) is 18.0 Å². The third-order valence-corrected chi connectivity index (χ3v) is 5.95. The first-order valence-electron chi connectivity index (χ1n) is 10.8. The highest BCUT2D eigenvalue weighted by molar-refractivity contribution is 5.94. The minimum Gasteiger partial charge on any atom is -0.333 e. The Balaban J connectivity index is 1.61. The first-order chi connectivity index (χ1) is 14.1. The SMILES string of the molecule is CC(=O)N1CCCCCCCN(C(=O)c2cc(C3CC3)[nH]n2)Cc2ccccc21. The molecule has 1 aliphatic carbocycles. The van der Waals surface area contributed by atoms with Crippen molar-refractivity contribution in [3.8, 4) is 0 Å². The fraction of sp³-hybridized carbons (Fsp3) is 0.522. The van der Waals surface area contributed by atoms with E-state index in [2.05, 4.69) is 10.2 Å². The van der Waals surface area contributed by atoms with Crippen LogP contribution in [-0.2, 0) is 11.3 Å². The van der Waals surface area contributed by atoms with Crippen molar-refractivity contribution in [1.29, 1.82) is 0 Å². The van der Waals surface area contributed by atoms with E-state index in [1.54, 1.807) is 6.92 Å². The number of para-hydroxylation sites is 1. The molecule has 1 aromatic carbocycles. The van der Waals surface area contributed by atoms with Gasteiger partial charge in [-0.1, -0.05) is 37.5 Å². The average molecular weight is 395 g/mol. The predicted octanol–water partition coefficient (Wildman–Crippen LogP) is 4.25. The van der Waals surface area contributed by atoms with Crippen LogP contribution in [0.5, 0.6) is 0 Å². The number of rotatable bonds is 2. The Kier molecular flexibility index (Phi) is 5.97. The molecule has 2 amide bonds. The average Bonchev–Trinajstić information content (AvgIpc) is 3.44. The number of hydrogen-bond donors (Lipinski definition) is 1. The fourth-order valence-corrected chi connectivity index (χ4v) is 4.13. The summed E-state index contributed by atoms with van der Waals surface area (Å²) in [4.78, 5) is 29.3. The van der Waals surface area contributed by atoms with Gasteiger partial charge in [0.05, 0.1) is 0 Å². The number of nitrogens with one attached hydrogen (secondary N) is 1. The summed E-state index contributed by atoms with van der Waals surface area (Å²) in [5.74, 6) is 0.559. The highest BCUT2D eigenvalue weighted by Crippen LogP contribution is 2.39. The van der Waals surface area contributed by atoms with E-state index in [9.17, 15) is 9.59 Å². The van der Waals surface area contributed by atoms with Crippen molar-refractivity contribution >= 4 is 17.5 Å². The molecule has 0 saturated heterocycles. The van der Waals surface area contributed by atoms with E-state index in [1.807, 2.05) is 40.1 Å². The number of fused-ring (bicyclic) bond motifs is 1. The van der Waals surface area contributed by atoms with E-state index in [1.165, 1.54) is 12.8 Å². The van der Waals surface area contributed by atoms with E-state index >= 15 is 0 Å². The van der Waals surface area contributed by atoms with Crippen molar-refractivity contribution < 1.29 is 9.59 Å². The number of aromatic nitrogens is 2. The van der Waals surface area contributed by atoms with Crippen molar-refractivity contribution in [1.82, 2.24) is 15.1 Å². The molecule has 0 radical (unpaired) electrons. The van der Waals surface area contributed by atoms with Crippen molar-refractivity contribution in [2.45, 2.75) is 64.3 Å². The molecular weight excluding hydrogens is 364 g/mol. The van der Waals surface area contributed by atoms with E-state index in [0.29, 0.717) is 24.7 Å². The van der Waals surface area contributed by atoms with E-state index in [0.717, 1.165) is 55.6 Å². The van der Waals surface area contributed by atoms with Crippen LogP contribution in [0.4, 0.5) is 5.69 Å². The Morgan fingerprint density at radius 3 is 2.52 bits per heavy atom. The molecule has 29 heavy (non-hydrogen) atoms. The fourth-order valence-electron chi connectivity index (χ4n) is 4.13. The van der Waals surface area contributed by atoms with Crippen LogP contribution < -0.4 is 4.90 Å². The lowest BCUT2D eigenvalue weighted by molar-refractivity contribution is -0.116. The first-order valence-corrected chi connectivity index (χ1v) is 10.8. The predicted molar refractivity (Wildman–Crippen MR) is 113 cm³/mol. The zero-order valence-corrected chi connectivity index (χ0v) is 17.2. The standard InChI is InChI=1S/C23H30N4O2/c1-17(28)27-14-8-4-2-3-7-13-26(16-19-9-5-6-10-22(19)27)23(29)21-15-20(24-25-21)18-11-12-18/h5-6,9-10,15,18H,2-4,7-8,11-14,16H2,1H3,(H,24,25). The second kappa shape index (κ2) is 8.80. The quantitative estimate of drug-likeness (QED) is 0.828. The van der Waals surface area contributed by atoms with Gasteiger partial charge in [-0.3, -0.25) is 14.7 Å². The summed E-state index contributed by atoms with van der Waals surface area (Å²) >= 11 is 0. The summed E-state index contributed by atoms with van der Waals surface area (Å²) in [5.41, 5.74) is 3.50. The molecule has 1 aromatic heterocycles. The molecule has 6 nitrogen and oxygen atoms in total. The molecule has 1 aliphatic heterocycles. The van der Waals surface area contributed by atoms with E-state index in [-0.39, 0.29) is 11.8 Å². The maximum absolute atomic E-state index is 13.3. The second-order valence-corrected chi connectivity index (χ2v) is 8.28. The number of carbonyl (C=O) groups excluding carboxylic acids is 2. The molecule has 0 spiro atoms. The molecule has 0 atom stereocenters. The number of anilines is 1. The molecular formula is C23H30N4O2. The summed E-state index contributed by atoms with van der Waals surface area (Å²) in [6, 6.07) is 9.88. The molecule has 2 aliphatic rings. The number of carbonyl (C=O) groups is 2. The monoisotopic (exact) mass is 394 g/mol. The van der Waals surface area contributed by atoms with Crippen molar-refractivity contribution in [3.63, 3.8) is 0 Å². The topological polar surface area (TPSA) is 69.3 Å². The summed E-state index contributed by atoms with van der Waals surface area (Å²) in [6.45, 7) is 3.54. The number of amides is 2. The van der Waals surface area contributed by atoms with Gasteiger partial charge in [0.25, 0.3) is 5.91 Å². The van der Waals surface area contributed by atoms with Gasteiger partial charge in [0.2, 0.25) is 5.91 Å². The van der Waals surface area contributed by atoms with Crippen molar-refractivity contribution in [2.24, 2.45) is 0 Å². The van der Waals surface area contributed by atoms with Gasteiger partial charge in [0, 0.05) is 43.9 Å². The van der Waals surface area contributed by atoms with E-state index < -0.39 is 0 Å². The van der Waals surface area contributed by atoms with Crippen LogP contribution >= 0.6 is 0 Å². The molecule has 6 heteroatoms. The smallest absolute Gasteiger partial charge is 0.274 e. The third-order valence-electron chi connectivity index (χ3n) is 5.95. The van der Waals surface area contributed by atoms with Gasteiger partial charge >= 0.3 is 0 Å². The number of nitrogens with zero attached hydrogens (tertiary/aromatic N) is 3. The van der Waals surface area contributed by atoms with Gasteiger partial charge in [-0.25, -0.2) is 0 Å². The Morgan fingerprint density at radius 1 is 1.03 bits per heavy atom. The van der Waals surface area contributed by atoms with Crippen LogP contribution in [0.15, 0.2) is 30.3 Å². The highest BCUT2D eigenvalue weighted by atomic mass is 16.2. The van der Waals surface area contributed by atoms with Gasteiger partial charge in [-0.05, 0) is 43.4 Å². The second-order valence-electron chi connectivity index (χ2n) is 8.28.